The molecule has 0 amide bonds. The Balaban J connectivity index is 2.28. The van der Waals surface area contributed by atoms with Crippen molar-refractivity contribution >= 4 is 23.6 Å². The Kier molecular flexibility index (Phi) is 3.66. The van der Waals surface area contributed by atoms with Crippen molar-refractivity contribution in [2.24, 2.45) is 0 Å². The van der Waals surface area contributed by atoms with Crippen molar-refractivity contribution in [2.45, 2.75) is 6.54 Å². The smallest absolute Gasteiger partial charge is 0.200 e. The highest BCUT2D eigenvalue weighted by molar-refractivity contribution is 6.32. The highest BCUT2D eigenvalue weighted by Gasteiger charge is 2.03. The van der Waals surface area contributed by atoms with Crippen LogP contribution in [0.1, 0.15) is 5.56 Å². The molecule has 2 rings (SSSR count). The molecule has 0 saturated heterocycles. The van der Waals surface area contributed by atoms with E-state index < -0.39 is 0 Å². The maximum absolute atomic E-state index is 9.13. The molecule has 4 nitrogen and oxygen atoms in total. The van der Waals surface area contributed by atoms with Gasteiger partial charge in [0, 0.05) is 17.4 Å². The predicted molar refractivity (Wildman–Crippen MR) is 71.7 cm³/mol. The fraction of sp³-hybridized carbons (Fsp3) is 0.0769. The van der Waals surface area contributed by atoms with Gasteiger partial charge < -0.3 is 10.3 Å². The van der Waals surface area contributed by atoms with E-state index in [1.54, 1.807) is 29.1 Å². The van der Waals surface area contributed by atoms with Gasteiger partial charge in [-0.3, -0.25) is 0 Å². The van der Waals surface area contributed by atoms with Crippen molar-refractivity contribution in [3.63, 3.8) is 0 Å². The van der Waals surface area contributed by atoms with E-state index in [9.17, 15) is 0 Å². The highest BCUT2D eigenvalue weighted by Crippen LogP contribution is 2.18. The van der Waals surface area contributed by atoms with E-state index in [2.05, 4.69) is 11.1 Å². The van der Waals surface area contributed by atoms with Gasteiger partial charge in [0.2, 0.25) is 0 Å². The number of anilines is 1. The minimum absolute atomic E-state index is 0.382. The molecule has 0 aliphatic rings. The summed E-state index contributed by atoms with van der Waals surface area (Å²) in [7, 11) is 0. The maximum Gasteiger partial charge on any atom is 0.200 e. The molecular formula is C13H11ClN4. The number of halogens is 1. The van der Waals surface area contributed by atoms with Gasteiger partial charge in [0.1, 0.15) is 0 Å². The average Bonchev–Trinajstić information content (AvgIpc) is 2.77. The summed E-state index contributed by atoms with van der Waals surface area (Å²) in [5.41, 5.74) is 7.03. The lowest BCUT2D eigenvalue weighted by Gasteiger charge is -2.04. The van der Waals surface area contributed by atoms with Crippen LogP contribution in [0.25, 0.3) is 6.08 Å². The first-order valence-electron chi connectivity index (χ1n) is 5.32. The molecule has 0 radical (unpaired) electrons. The van der Waals surface area contributed by atoms with Crippen molar-refractivity contribution in [3.05, 3.63) is 52.8 Å². The molecule has 0 atom stereocenters. The molecule has 0 aliphatic heterocycles. The van der Waals surface area contributed by atoms with Crippen molar-refractivity contribution in [3.8, 4) is 6.07 Å². The predicted octanol–water partition coefficient (Wildman–Crippen LogP) is 2.73. The Morgan fingerprint density at radius 2 is 2.28 bits per heavy atom. The first kappa shape index (κ1) is 12.2. The number of nitriles is 1. The fourth-order valence-electron chi connectivity index (χ4n) is 1.55. The van der Waals surface area contributed by atoms with Crippen molar-refractivity contribution in [1.82, 2.24) is 9.55 Å². The van der Waals surface area contributed by atoms with Gasteiger partial charge in [-0.1, -0.05) is 29.8 Å². The molecule has 5 heteroatoms. The third kappa shape index (κ3) is 2.70. The SMILES string of the molecule is N#C/C(=C/c1ccccc1Cl)Cn1ccnc1N. The Bertz CT molecular complexity index is 622. The van der Waals surface area contributed by atoms with Crippen LogP contribution in [0, 0.1) is 11.3 Å². The van der Waals surface area contributed by atoms with Crippen LogP contribution in [0.2, 0.25) is 5.02 Å². The number of hydrogen-bond acceptors (Lipinski definition) is 3. The first-order chi connectivity index (χ1) is 8.70. The monoisotopic (exact) mass is 258 g/mol. The van der Waals surface area contributed by atoms with Gasteiger partial charge in [-0.15, -0.1) is 0 Å². The number of allylic oxidation sites excluding steroid dienone is 1. The second-order valence-corrected chi connectivity index (χ2v) is 4.12. The molecule has 2 N–H and O–H groups in total. The zero-order valence-electron chi connectivity index (χ0n) is 9.55. The van der Waals surface area contributed by atoms with E-state index >= 15 is 0 Å². The minimum atomic E-state index is 0.382. The normalized spacial score (nSPS) is 11.2. The molecule has 1 aromatic carbocycles. The first-order valence-corrected chi connectivity index (χ1v) is 5.70. The van der Waals surface area contributed by atoms with E-state index in [0.717, 1.165) is 5.56 Å². The second-order valence-electron chi connectivity index (χ2n) is 3.72. The van der Waals surface area contributed by atoms with Gasteiger partial charge in [-0.05, 0) is 17.7 Å². The van der Waals surface area contributed by atoms with E-state index in [1.807, 2.05) is 18.2 Å². The molecule has 1 aromatic heterocycles. The van der Waals surface area contributed by atoms with E-state index in [-0.39, 0.29) is 0 Å². The van der Waals surface area contributed by atoms with E-state index in [4.69, 9.17) is 22.6 Å². The summed E-state index contributed by atoms with van der Waals surface area (Å²) < 4.78 is 1.70. The Hall–Kier alpha value is -2.25. The van der Waals surface area contributed by atoms with Crippen molar-refractivity contribution in [1.29, 1.82) is 5.26 Å². The van der Waals surface area contributed by atoms with E-state index in [1.165, 1.54) is 0 Å². The Labute approximate surface area is 110 Å². The number of nitrogen functional groups attached to an aromatic ring is 1. The van der Waals surface area contributed by atoms with Gasteiger partial charge in [-0.25, -0.2) is 4.98 Å². The van der Waals surface area contributed by atoms with Gasteiger partial charge in [-0.2, -0.15) is 5.26 Å². The summed E-state index contributed by atoms with van der Waals surface area (Å²) >= 11 is 6.04. The molecule has 0 saturated carbocycles. The van der Waals surface area contributed by atoms with Crippen LogP contribution in [0.3, 0.4) is 0 Å². The number of imidazole rings is 1. The summed E-state index contributed by atoms with van der Waals surface area (Å²) in [6.07, 6.45) is 5.08. The molecule has 0 unspecified atom stereocenters. The standard InChI is InChI=1S/C13H11ClN4/c14-12-4-2-1-3-11(12)7-10(8-15)9-18-6-5-17-13(18)16/h1-7H,9H2,(H2,16,17)/b10-7-. The average molecular weight is 259 g/mol. The second kappa shape index (κ2) is 5.39. The lowest BCUT2D eigenvalue weighted by molar-refractivity contribution is 0.816. The zero-order chi connectivity index (χ0) is 13.0. The van der Waals surface area contributed by atoms with Gasteiger partial charge in [0.25, 0.3) is 0 Å². The van der Waals surface area contributed by atoms with Crippen LogP contribution in [0.4, 0.5) is 5.95 Å². The molecule has 0 aliphatic carbocycles. The number of hydrogen-bond donors (Lipinski definition) is 1. The topological polar surface area (TPSA) is 67.6 Å². The van der Waals surface area contributed by atoms with Crippen LogP contribution >= 0.6 is 11.6 Å². The van der Waals surface area contributed by atoms with Crippen LogP contribution in [-0.2, 0) is 6.54 Å². The number of benzene rings is 1. The fourth-order valence-corrected chi connectivity index (χ4v) is 1.74. The molecule has 0 bridgehead atoms. The number of rotatable bonds is 3. The third-order valence-electron chi connectivity index (χ3n) is 2.47. The highest BCUT2D eigenvalue weighted by atomic mass is 35.5. The summed E-state index contributed by atoms with van der Waals surface area (Å²) in [5, 5.41) is 9.75. The number of nitrogens with zero attached hydrogens (tertiary/aromatic N) is 3. The maximum atomic E-state index is 9.13. The Morgan fingerprint density at radius 3 is 2.89 bits per heavy atom. The summed E-state index contributed by atoms with van der Waals surface area (Å²) in [6, 6.07) is 9.51. The summed E-state index contributed by atoms with van der Waals surface area (Å²) in [5.74, 6) is 0.385. The van der Waals surface area contributed by atoms with E-state index in [0.29, 0.717) is 23.1 Å². The Morgan fingerprint density at radius 1 is 1.50 bits per heavy atom. The molecule has 1 heterocycles. The zero-order valence-corrected chi connectivity index (χ0v) is 10.3. The molecule has 90 valence electrons. The van der Waals surface area contributed by atoms with Crippen LogP contribution in [0.15, 0.2) is 42.2 Å². The molecule has 18 heavy (non-hydrogen) atoms. The lowest BCUT2D eigenvalue weighted by Crippen LogP contribution is -2.03. The van der Waals surface area contributed by atoms with Crippen LogP contribution < -0.4 is 5.73 Å². The molecular weight excluding hydrogens is 248 g/mol. The number of aromatic nitrogens is 2. The molecule has 0 spiro atoms. The molecule has 0 fully saturated rings. The minimum Gasteiger partial charge on any atom is -0.369 e. The summed E-state index contributed by atoms with van der Waals surface area (Å²) in [4.78, 5) is 3.91. The summed E-state index contributed by atoms with van der Waals surface area (Å²) in [6.45, 7) is 0.382. The van der Waals surface area contributed by atoms with Crippen LogP contribution in [-0.4, -0.2) is 9.55 Å². The van der Waals surface area contributed by atoms with Crippen molar-refractivity contribution in [2.75, 3.05) is 5.73 Å². The van der Waals surface area contributed by atoms with Gasteiger partial charge in [0.15, 0.2) is 5.95 Å². The third-order valence-corrected chi connectivity index (χ3v) is 2.81. The largest absolute Gasteiger partial charge is 0.369 e. The van der Waals surface area contributed by atoms with Gasteiger partial charge in [0.05, 0.1) is 18.2 Å². The van der Waals surface area contributed by atoms with Crippen molar-refractivity contribution < 1.29 is 0 Å². The van der Waals surface area contributed by atoms with Gasteiger partial charge >= 0.3 is 0 Å². The number of nitrogens with two attached hydrogens (primary N) is 1. The quantitative estimate of drug-likeness (QED) is 0.861. The van der Waals surface area contributed by atoms with Crippen LogP contribution in [0.5, 0.6) is 0 Å². The molecule has 2 aromatic rings. The lowest BCUT2D eigenvalue weighted by atomic mass is 10.1.